The first-order valence-corrected chi connectivity index (χ1v) is 12.9. The molecule has 0 saturated heterocycles. The van der Waals surface area contributed by atoms with E-state index >= 15 is 0 Å². The third-order valence-corrected chi connectivity index (χ3v) is 6.45. The summed E-state index contributed by atoms with van der Waals surface area (Å²) in [5.74, 6) is 0.604. The Kier molecular flexibility index (Phi) is 6.87. The van der Waals surface area contributed by atoms with E-state index in [9.17, 15) is 14.7 Å². The van der Waals surface area contributed by atoms with Gasteiger partial charge in [0.2, 0.25) is 5.88 Å². The summed E-state index contributed by atoms with van der Waals surface area (Å²) < 4.78 is 13.1. The van der Waals surface area contributed by atoms with Crippen molar-refractivity contribution in [1.82, 2.24) is 19.9 Å². The smallest absolute Gasteiger partial charge is 0.415 e. The zero-order valence-corrected chi connectivity index (χ0v) is 22.1. The number of ether oxygens (including phenoxy) is 2. The Morgan fingerprint density at radius 2 is 1.97 bits per heavy atom. The van der Waals surface area contributed by atoms with Crippen LogP contribution in [0.2, 0.25) is 0 Å². The minimum absolute atomic E-state index is 0.102. The Bertz CT molecular complexity index is 1350. The molecule has 3 heterocycles. The number of aromatic nitrogens is 3. The quantitative estimate of drug-likeness (QED) is 0.424. The summed E-state index contributed by atoms with van der Waals surface area (Å²) >= 11 is 0. The zero-order chi connectivity index (χ0) is 27.0. The van der Waals surface area contributed by atoms with E-state index in [-0.39, 0.29) is 18.1 Å². The van der Waals surface area contributed by atoms with E-state index in [0.29, 0.717) is 47.0 Å². The second-order valence-electron chi connectivity index (χ2n) is 10.9. The van der Waals surface area contributed by atoms with Crippen LogP contribution in [-0.4, -0.2) is 62.6 Å². The number of aliphatic hydroxyl groups excluding tert-OH is 1. The summed E-state index contributed by atoms with van der Waals surface area (Å²) in [7, 11) is 1.60. The molecule has 0 aromatic carbocycles. The molecule has 0 unspecified atom stereocenters. The van der Waals surface area contributed by atoms with Crippen molar-refractivity contribution in [1.29, 1.82) is 0 Å². The third-order valence-electron chi connectivity index (χ3n) is 6.45. The maximum Gasteiger partial charge on any atom is 0.415 e. The van der Waals surface area contributed by atoms with Crippen LogP contribution < -0.4 is 20.3 Å². The molecule has 5 rings (SSSR count). The highest BCUT2D eigenvalue weighted by Gasteiger charge is 2.28. The molecule has 11 heteroatoms. The number of carbonyl (C=O) groups is 2. The number of pyridine rings is 2. The van der Waals surface area contributed by atoms with E-state index in [2.05, 4.69) is 20.7 Å². The van der Waals surface area contributed by atoms with Crippen LogP contribution in [0.4, 0.5) is 22.0 Å². The molecule has 0 bridgehead atoms. The monoisotopic (exact) mass is 522 g/mol. The fraction of sp³-hybridized carbons (Fsp3) is 0.481. The van der Waals surface area contributed by atoms with Gasteiger partial charge < -0.3 is 25.2 Å². The lowest BCUT2D eigenvalue weighted by atomic mass is 10.2. The van der Waals surface area contributed by atoms with Crippen LogP contribution >= 0.6 is 0 Å². The van der Waals surface area contributed by atoms with E-state index in [1.54, 1.807) is 50.7 Å². The number of fused-ring (bicyclic) bond motifs is 1. The largest absolute Gasteiger partial charge is 0.473 e. The van der Waals surface area contributed by atoms with Crippen LogP contribution in [-0.2, 0) is 4.74 Å². The van der Waals surface area contributed by atoms with Crippen molar-refractivity contribution >= 4 is 34.7 Å². The van der Waals surface area contributed by atoms with Gasteiger partial charge in [0.05, 0.1) is 23.4 Å². The van der Waals surface area contributed by atoms with Crippen LogP contribution in [0.5, 0.6) is 5.88 Å². The summed E-state index contributed by atoms with van der Waals surface area (Å²) in [6, 6.07) is 7.12. The molecule has 0 aliphatic heterocycles. The van der Waals surface area contributed by atoms with Gasteiger partial charge in [-0.1, -0.05) is 0 Å². The SMILES string of the molecule is CN(C(=O)OC(C)(C)C)c1cc(Nc2cccnc2OC2CC2)cc2c(C(=O)N[C@H]3CC[C@H](O)C3)cnn12. The van der Waals surface area contributed by atoms with Gasteiger partial charge in [0.25, 0.3) is 5.91 Å². The number of amides is 2. The molecular weight excluding hydrogens is 488 g/mol. The van der Waals surface area contributed by atoms with Crippen molar-refractivity contribution in [3.05, 3.63) is 42.2 Å². The molecule has 2 amide bonds. The predicted octanol–water partition coefficient (Wildman–Crippen LogP) is 4.03. The molecule has 2 aliphatic rings. The number of rotatable bonds is 7. The van der Waals surface area contributed by atoms with Gasteiger partial charge in [0, 0.05) is 31.0 Å². The topological polar surface area (TPSA) is 130 Å². The van der Waals surface area contributed by atoms with Crippen molar-refractivity contribution < 1.29 is 24.2 Å². The normalized spacial score (nSPS) is 19.3. The predicted molar refractivity (Wildman–Crippen MR) is 142 cm³/mol. The van der Waals surface area contributed by atoms with E-state index in [0.717, 1.165) is 19.3 Å². The molecule has 0 spiro atoms. The molecule has 0 radical (unpaired) electrons. The number of nitrogens with one attached hydrogen (secondary N) is 2. The van der Waals surface area contributed by atoms with E-state index in [1.807, 2.05) is 12.1 Å². The lowest BCUT2D eigenvalue weighted by Gasteiger charge is -2.25. The van der Waals surface area contributed by atoms with E-state index < -0.39 is 17.8 Å². The number of aliphatic hydroxyl groups is 1. The van der Waals surface area contributed by atoms with Crippen molar-refractivity contribution in [3.8, 4) is 5.88 Å². The molecule has 2 atom stereocenters. The van der Waals surface area contributed by atoms with Gasteiger partial charge in [-0.15, -0.1) is 0 Å². The minimum Gasteiger partial charge on any atom is -0.473 e. The highest BCUT2D eigenvalue weighted by Crippen LogP contribution is 2.34. The molecule has 2 fully saturated rings. The lowest BCUT2D eigenvalue weighted by molar-refractivity contribution is 0.0587. The van der Waals surface area contributed by atoms with Crippen molar-refractivity contribution in [3.63, 3.8) is 0 Å². The molecule has 11 nitrogen and oxygen atoms in total. The standard InChI is InChI=1S/C27H34N6O5/c1-27(2,3)38-26(36)32(4)23-14-17(30-21-6-5-11-28-25(21)37-19-9-10-19)13-22-20(15-29-33(22)23)24(35)31-16-7-8-18(34)12-16/h5-6,11,13-16,18-19,30,34H,7-10,12H2,1-4H3,(H,31,35)/t16-,18-/m0/s1. The summed E-state index contributed by atoms with van der Waals surface area (Å²) in [4.78, 5) is 31.9. The van der Waals surface area contributed by atoms with Gasteiger partial charge >= 0.3 is 6.09 Å². The van der Waals surface area contributed by atoms with Crippen LogP contribution in [0.25, 0.3) is 5.52 Å². The molecular formula is C27H34N6O5. The van der Waals surface area contributed by atoms with Crippen LogP contribution in [0, 0.1) is 0 Å². The van der Waals surface area contributed by atoms with E-state index in [1.165, 1.54) is 11.1 Å². The van der Waals surface area contributed by atoms with Crippen molar-refractivity contribution in [2.75, 3.05) is 17.3 Å². The summed E-state index contributed by atoms with van der Waals surface area (Å²) in [5, 5.41) is 20.6. The molecule has 3 N–H and O–H groups in total. The first kappa shape index (κ1) is 25.8. The maximum atomic E-state index is 13.2. The van der Waals surface area contributed by atoms with Crippen LogP contribution in [0.15, 0.2) is 36.7 Å². The Morgan fingerprint density at radius 1 is 1.18 bits per heavy atom. The van der Waals surface area contributed by atoms with Gasteiger partial charge in [-0.3, -0.25) is 9.69 Å². The summed E-state index contributed by atoms with van der Waals surface area (Å²) in [6.45, 7) is 5.39. The summed E-state index contributed by atoms with van der Waals surface area (Å²) in [5.41, 5.74) is 1.45. The highest BCUT2D eigenvalue weighted by atomic mass is 16.6. The Morgan fingerprint density at radius 3 is 2.66 bits per heavy atom. The van der Waals surface area contributed by atoms with Gasteiger partial charge in [-0.25, -0.2) is 14.3 Å². The number of carbonyl (C=O) groups excluding carboxylic acids is 2. The molecule has 38 heavy (non-hydrogen) atoms. The lowest BCUT2D eigenvalue weighted by Crippen LogP contribution is -2.35. The van der Waals surface area contributed by atoms with Crippen LogP contribution in [0.3, 0.4) is 0 Å². The average molecular weight is 523 g/mol. The number of nitrogens with zero attached hydrogens (tertiary/aromatic N) is 4. The highest BCUT2D eigenvalue weighted by molar-refractivity contribution is 6.02. The Hall–Kier alpha value is -3.86. The van der Waals surface area contributed by atoms with Gasteiger partial charge in [-0.05, 0) is 71.1 Å². The first-order valence-electron chi connectivity index (χ1n) is 12.9. The number of hydrogen-bond donors (Lipinski definition) is 3. The average Bonchev–Trinajstić information content (AvgIpc) is 3.41. The second kappa shape index (κ2) is 10.1. The molecule has 3 aromatic rings. The third kappa shape index (κ3) is 5.83. The molecule has 202 valence electrons. The zero-order valence-electron chi connectivity index (χ0n) is 22.1. The Balaban J connectivity index is 1.52. The maximum absolute atomic E-state index is 13.2. The van der Waals surface area contributed by atoms with Gasteiger partial charge in [-0.2, -0.15) is 5.10 Å². The fourth-order valence-corrected chi connectivity index (χ4v) is 4.41. The number of anilines is 3. The van der Waals surface area contributed by atoms with Gasteiger partial charge in [0.1, 0.15) is 23.2 Å². The Labute approximate surface area is 221 Å². The van der Waals surface area contributed by atoms with Crippen molar-refractivity contribution in [2.45, 2.75) is 76.7 Å². The van der Waals surface area contributed by atoms with Crippen molar-refractivity contribution in [2.24, 2.45) is 0 Å². The number of hydrogen-bond acceptors (Lipinski definition) is 8. The molecule has 2 aliphatic carbocycles. The van der Waals surface area contributed by atoms with Crippen LogP contribution in [0.1, 0.15) is 63.2 Å². The second-order valence-corrected chi connectivity index (χ2v) is 10.9. The summed E-state index contributed by atoms with van der Waals surface area (Å²) in [6.07, 6.45) is 6.27. The van der Waals surface area contributed by atoms with E-state index in [4.69, 9.17) is 9.47 Å². The molecule has 3 aromatic heterocycles. The molecule has 2 saturated carbocycles. The first-order chi connectivity index (χ1) is 18.1. The minimum atomic E-state index is -0.688. The van der Waals surface area contributed by atoms with Gasteiger partial charge in [0.15, 0.2) is 0 Å². The fourth-order valence-electron chi connectivity index (χ4n) is 4.41.